The Hall–Kier alpha value is -3.27. The van der Waals surface area contributed by atoms with Gasteiger partial charge in [0.2, 0.25) is 5.91 Å². The van der Waals surface area contributed by atoms with E-state index in [2.05, 4.69) is 28.8 Å². The molecule has 1 atom stereocenters. The number of carbonyl (C=O) groups excluding carboxylic acids is 1. The Bertz CT molecular complexity index is 909. The number of methoxy groups -OCH3 is 1. The van der Waals surface area contributed by atoms with Crippen molar-refractivity contribution in [1.82, 2.24) is 5.32 Å². The standard InChI is InChI=1S/C24H26N2O2/c1-18(21-13-7-9-15-23(21)28-2)26-24(27)17-25-22-14-8-6-12-20(22)16-19-10-4-3-5-11-19/h3-15,18,25H,16-17H2,1-2H3,(H,26,27). The van der Waals surface area contributed by atoms with Gasteiger partial charge in [-0.1, -0.05) is 66.7 Å². The first-order chi connectivity index (χ1) is 13.7. The SMILES string of the molecule is COc1ccccc1C(C)NC(=O)CNc1ccccc1Cc1ccccc1. The van der Waals surface area contributed by atoms with Gasteiger partial charge in [0.25, 0.3) is 0 Å². The third-order valence-corrected chi connectivity index (χ3v) is 4.68. The van der Waals surface area contributed by atoms with Crippen LogP contribution in [0.25, 0.3) is 0 Å². The van der Waals surface area contributed by atoms with E-state index in [1.165, 1.54) is 11.1 Å². The third kappa shape index (κ3) is 5.13. The van der Waals surface area contributed by atoms with Gasteiger partial charge in [0.15, 0.2) is 0 Å². The molecule has 0 spiro atoms. The van der Waals surface area contributed by atoms with Crippen molar-refractivity contribution in [2.45, 2.75) is 19.4 Å². The summed E-state index contributed by atoms with van der Waals surface area (Å²) in [6.07, 6.45) is 0.823. The summed E-state index contributed by atoms with van der Waals surface area (Å²) in [5.41, 5.74) is 4.35. The molecule has 0 aliphatic heterocycles. The van der Waals surface area contributed by atoms with Crippen molar-refractivity contribution in [1.29, 1.82) is 0 Å². The molecule has 0 heterocycles. The van der Waals surface area contributed by atoms with E-state index in [0.29, 0.717) is 0 Å². The second kappa shape index (κ2) is 9.60. The molecule has 3 rings (SSSR count). The number of carbonyl (C=O) groups is 1. The van der Waals surface area contributed by atoms with Gasteiger partial charge in [-0.2, -0.15) is 0 Å². The monoisotopic (exact) mass is 374 g/mol. The maximum atomic E-state index is 12.5. The Labute approximate surface area is 166 Å². The predicted octanol–water partition coefficient (Wildman–Crippen LogP) is 4.58. The van der Waals surface area contributed by atoms with Crippen LogP contribution in [0.15, 0.2) is 78.9 Å². The van der Waals surface area contributed by atoms with E-state index in [1.807, 2.05) is 67.6 Å². The summed E-state index contributed by atoms with van der Waals surface area (Å²) in [6.45, 7) is 2.17. The van der Waals surface area contributed by atoms with Crippen LogP contribution in [0.1, 0.15) is 29.7 Å². The van der Waals surface area contributed by atoms with Crippen molar-refractivity contribution in [3.8, 4) is 5.75 Å². The first-order valence-electron chi connectivity index (χ1n) is 9.45. The van der Waals surface area contributed by atoms with E-state index in [9.17, 15) is 4.79 Å². The molecule has 144 valence electrons. The number of amides is 1. The lowest BCUT2D eigenvalue weighted by atomic mass is 10.0. The Kier molecular flexibility index (Phi) is 6.68. The minimum absolute atomic E-state index is 0.0621. The predicted molar refractivity (Wildman–Crippen MR) is 114 cm³/mol. The largest absolute Gasteiger partial charge is 0.496 e. The molecule has 2 N–H and O–H groups in total. The lowest BCUT2D eigenvalue weighted by Gasteiger charge is -2.18. The average Bonchev–Trinajstić information content (AvgIpc) is 2.73. The highest BCUT2D eigenvalue weighted by Gasteiger charge is 2.13. The number of hydrogen-bond acceptors (Lipinski definition) is 3. The molecule has 3 aromatic carbocycles. The molecule has 4 nitrogen and oxygen atoms in total. The lowest BCUT2D eigenvalue weighted by Crippen LogP contribution is -2.32. The zero-order valence-corrected chi connectivity index (χ0v) is 16.3. The van der Waals surface area contributed by atoms with Crippen LogP contribution in [-0.2, 0) is 11.2 Å². The normalized spacial score (nSPS) is 11.5. The van der Waals surface area contributed by atoms with Gasteiger partial charge in [0, 0.05) is 11.3 Å². The molecule has 4 heteroatoms. The first kappa shape index (κ1) is 19.5. The molecule has 28 heavy (non-hydrogen) atoms. The zero-order valence-electron chi connectivity index (χ0n) is 16.3. The smallest absolute Gasteiger partial charge is 0.239 e. The molecule has 0 saturated carbocycles. The molecule has 0 bridgehead atoms. The van der Waals surface area contributed by atoms with Gasteiger partial charge in [-0.3, -0.25) is 4.79 Å². The maximum Gasteiger partial charge on any atom is 0.239 e. The molecule has 0 aliphatic rings. The van der Waals surface area contributed by atoms with E-state index in [0.717, 1.165) is 23.4 Å². The van der Waals surface area contributed by atoms with Gasteiger partial charge in [0.1, 0.15) is 5.75 Å². The number of anilines is 1. The Morgan fingerprint density at radius 2 is 1.61 bits per heavy atom. The van der Waals surface area contributed by atoms with Crippen molar-refractivity contribution < 1.29 is 9.53 Å². The fourth-order valence-electron chi connectivity index (χ4n) is 3.23. The van der Waals surface area contributed by atoms with Crippen molar-refractivity contribution >= 4 is 11.6 Å². The number of ether oxygens (including phenoxy) is 1. The van der Waals surface area contributed by atoms with Crippen molar-refractivity contribution in [2.24, 2.45) is 0 Å². The molecule has 0 fully saturated rings. The van der Waals surface area contributed by atoms with Gasteiger partial charge in [-0.15, -0.1) is 0 Å². The van der Waals surface area contributed by atoms with Gasteiger partial charge in [-0.25, -0.2) is 0 Å². The number of rotatable bonds is 8. The molecule has 0 aliphatic carbocycles. The third-order valence-electron chi connectivity index (χ3n) is 4.68. The molecule has 0 saturated heterocycles. The minimum atomic E-state index is -0.134. The van der Waals surface area contributed by atoms with E-state index in [1.54, 1.807) is 7.11 Å². The number of benzene rings is 3. The van der Waals surface area contributed by atoms with E-state index in [4.69, 9.17) is 4.74 Å². The fraction of sp³-hybridized carbons (Fsp3) is 0.208. The van der Waals surface area contributed by atoms with Gasteiger partial charge in [-0.05, 0) is 36.6 Å². The van der Waals surface area contributed by atoms with Crippen molar-refractivity contribution in [3.63, 3.8) is 0 Å². The quantitative estimate of drug-likeness (QED) is 0.607. The minimum Gasteiger partial charge on any atom is -0.496 e. The second-order valence-corrected chi connectivity index (χ2v) is 6.70. The highest BCUT2D eigenvalue weighted by molar-refractivity contribution is 5.81. The molecular formula is C24H26N2O2. The van der Waals surface area contributed by atoms with Crippen LogP contribution in [0.4, 0.5) is 5.69 Å². The maximum absolute atomic E-state index is 12.5. The Morgan fingerprint density at radius 1 is 0.929 bits per heavy atom. The second-order valence-electron chi connectivity index (χ2n) is 6.70. The molecule has 3 aromatic rings. The number of para-hydroxylation sites is 2. The molecule has 1 amide bonds. The summed E-state index contributed by atoms with van der Waals surface area (Å²) in [5, 5.41) is 6.30. The van der Waals surface area contributed by atoms with Crippen molar-refractivity contribution in [2.75, 3.05) is 19.0 Å². The Balaban J connectivity index is 1.60. The molecule has 0 radical (unpaired) electrons. The summed E-state index contributed by atoms with van der Waals surface area (Å²) in [5.74, 6) is 0.712. The Morgan fingerprint density at radius 3 is 2.39 bits per heavy atom. The fourth-order valence-corrected chi connectivity index (χ4v) is 3.23. The number of hydrogen-bond donors (Lipinski definition) is 2. The van der Waals surface area contributed by atoms with Crippen LogP contribution < -0.4 is 15.4 Å². The van der Waals surface area contributed by atoms with E-state index in [-0.39, 0.29) is 18.5 Å². The average molecular weight is 374 g/mol. The van der Waals surface area contributed by atoms with Crippen LogP contribution >= 0.6 is 0 Å². The van der Waals surface area contributed by atoms with Crippen molar-refractivity contribution in [3.05, 3.63) is 95.6 Å². The van der Waals surface area contributed by atoms with Gasteiger partial charge < -0.3 is 15.4 Å². The highest BCUT2D eigenvalue weighted by Crippen LogP contribution is 2.24. The molecule has 0 aromatic heterocycles. The molecular weight excluding hydrogens is 348 g/mol. The summed E-state index contributed by atoms with van der Waals surface area (Å²) >= 11 is 0. The highest BCUT2D eigenvalue weighted by atomic mass is 16.5. The lowest BCUT2D eigenvalue weighted by molar-refractivity contribution is -0.120. The zero-order chi connectivity index (χ0) is 19.8. The topological polar surface area (TPSA) is 50.4 Å². The van der Waals surface area contributed by atoms with Gasteiger partial charge >= 0.3 is 0 Å². The van der Waals surface area contributed by atoms with Crippen LogP contribution in [0.2, 0.25) is 0 Å². The first-order valence-corrected chi connectivity index (χ1v) is 9.45. The van der Waals surface area contributed by atoms with Crippen LogP contribution in [0.3, 0.4) is 0 Å². The van der Waals surface area contributed by atoms with Crippen LogP contribution in [-0.4, -0.2) is 19.6 Å². The van der Waals surface area contributed by atoms with Crippen LogP contribution in [0, 0.1) is 0 Å². The van der Waals surface area contributed by atoms with Crippen LogP contribution in [0.5, 0.6) is 5.75 Å². The summed E-state index contributed by atoms with van der Waals surface area (Å²) in [6, 6.07) is 26.0. The van der Waals surface area contributed by atoms with E-state index >= 15 is 0 Å². The summed E-state index contributed by atoms with van der Waals surface area (Å²) in [7, 11) is 1.64. The summed E-state index contributed by atoms with van der Waals surface area (Å²) < 4.78 is 5.38. The van der Waals surface area contributed by atoms with Gasteiger partial charge in [0.05, 0.1) is 19.7 Å². The molecule has 1 unspecified atom stereocenters. The summed E-state index contributed by atoms with van der Waals surface area (Å²) in [4.78, 5) is 12.5. The number of nitrogens with one attached hydrogen (secondary N) is 2. The van der Waals surface area contributed by atoms with E-state index < -0.39 is 0 Å².